The molecule has 1 N–H and O–H groups in total. The molecule has 2 aliphatic rings. The molecule has 1 fully saturated rings. The van der Waals surface area contributed by atoms with E-state index in [1.807, 2.05) is 30.0 Å². The first-order chi connectivity index (χ1) is 15.7. The van der Waals surface area contributed by atoms with Crippen molar-refractivity contribution in [1.29, 1.82) is 0 Å². The minimum absolute atomic E-state index is 0.00791. The first kappa shape index (κ1) is 22.4. The Kier molecular flexibility index (Phi) is 7.46. The minimum atomic E-state index is -0.613. The van der Waals surface area contributed by atoms with Gasteiger partial charge in [0.2, 0.25) is 0 Å². The fourth-order valence-corrected chi connectivity index (χ4v) is 4.71. The summed E-state index contributed by atoms with van der Waals surface area (Å²) in [5.74, 6) is 0.509. The number of hydrogen-bond donors (Lipinski definition) is 1. The topological polar surface area (TPSA) is 58.6 Å². The smallest absolute Gasteiger partial charge is 0.265 e. The average Bonchev–Trinajstić information content (AvgIpc) is 3.12. The van der Waals surface area contributed by atoms with Gasteiger partial charge < -0.3 is 15.0 Å². The molecule has 2 aromatic rings. The van der Waals surface area contributed by atoms with Gasteiger partial charge in [-0.25, -0.2) is 0 Å². The molecule has 0 bridgehead atoms. The number of aryl methyl sites for hydroxylation is 2. The van der Waals surface area contributed by atoms with Gasteiger partial charge in [-0.05, 0) is 80.3 Å². The predicted molar refractivity (Wildman–Crippen MR) is 127 cm³/mol. The summed E-state index contributed by atoms with van der Waals surface area (Å²) in [5, 5.41) is 2.97. The van der Waals surface area contributed by atoms with Crippen LogP contribution in [0.1, 0.15) is 73.4 Å². The summed E-state index contributed by atoms with van der Waals surface area (Å²) in [6.45, 7) is 3.50. The maximum Gasteiger partial charge on any atom is 0.265 e. The summed E-state index contributed by atoms with van der Waals surface area (Å²) in [5.41, 5.74) is 3.82. The minimum Gasteiger partial charge on any atom is -0.481 e. The van der Waals surface area contributed by atoms with Crippen molar-refractivity contribution in [3.05, 3.63) is 59.2 Å². The van der Waals surface area contributed by atoms with Crippen molar-refractivity contribution in [2.45, 2.75) is 70.8 Å². The molecule has 0 saturated carbocycles. The van der Waals surface area contributed by atoms with E-state index in [-0.39, 0.29) is 11.8 Å². The van der Waals surface area contributed by atoms with Crippen molar-refractivity contribution in [2.75, 3.05) is 18.4 Å². The van der Waals surface area contributed by atoms with E-state index < -0.39 is 6.10 Å². The summed E-state index contributed by atoms with van der Waals surface area (Å²) < 4.78 is 6.09. The molecule has 1 aliphatic heterocycles. The van der Waals surface area contributed by atoms with Crippen LogP contribution in [0.4, 0.5) is 5.69 Å². The van der Waals surface area contributed by atoms with Crippen molar-refractivity contribution in [2.24, 2.45) is 0 Å². The van der Waals surface area contributed by atoms with Crippen LogP contribution in [0.25, 0.3) is 0 Å². The molecule has 32 heavy (non-hydrogen) atoms. The van der Waals surface area contributed by atoms with Crippen LogP contribution in [0.3, 0.4) is 0 Å². The Labute approximate surface area is 191 Å². The van der Waals surface area contributed by atoms with E-state index in [9.17, 15) is 9.59 Å². The molecule has 1 atom stereocenters. The zero-order valence-electron chi connectivity index (χ0n) is 19.1. The lowest BCUT2D eigenvalue weighted by atomic mass is 9.92. The summed E-state index contributed by atoms with van der Waals surface area (Å²) in [7, 11) is 0. The first-order valence-electron chi connectivity index (χ1n) is 12.1. The molecule has 1 saturated heterocycles. The second-order valence-corrected chi connectivity index (χ2v) is 8.89. The summed E-state index contributed by atoms with van der Waals surface area (Å²) in [4.78, 5) is 28.2. The number of carbonyl (C=O) groups excluding carboxylic acids is 2. The maximum absolute atomic E-state index is 13.2. The fraction of sp³-hybridized carbons (Fsp3) is 0.481. The Hall–Kier alpha value is -2.82. The summed E-state index contributed by atoms with van der Waals surface area (Å²) in [6.07, 6.45) is 8.97. The monoisotopic (exact) mass is 434 g/mol. The van der Waals surface area contributed by atoms with Crippen LogP contribution in [0.2, 0.25) is 0 Å². The van der Waals surface area contributed by atoms with Crippen LogP contribution < -0.4 is 10.1 Å². The van der Waals surface area contributed by atoms with Gasteiger partial charge in [-0.3, -0.25) is 9.59 Å². The normalized spacial score (nSPS) is 17.1. The number of para-hydroxylation sites is 1. The second-order valence-electron chi connectivity index (χ2n) is 8.89. The molecule has 1 aliphatic carbocycles. The SMILES string of the molecule is CC[C@@H](Oc1ccc2c(c1)CCCC2)C(=O)Nc1ccccc1C(=O)N1CCCCCC1. The van der Waals surface area contributed by atoms with E-state index >= 15 is 0 Å². The number of amides is 2. The van der Waals surface area contributed by atoms with Gasteiger partial charge in [0, 0.05) is 13.1 Å². The molecule has 0 aromatic heterocycles. The van der Waals surface area contributed by atoms with Gasteiger partial charge in [-0.2, -0.15) is 0 Å². The van der Waals surface area contributed by atoms with E-state index in [1.54, 1.807) is 12.1 Å². The number of anilines is 1. The number of benzene rings is 2. The highest BCUT2D eigenvalue weighted by Gasteiger charge is 2.24. The van der Waals surface area contributed by atoms with Gasteiger partial charge in [0.05, 0.1) is 11.3 Å². The number of likely N-dealkylation sites (tertiary alicyclic amines) is 1. The quantitative estimate of drug-likeness (QED) is 0.664. The zero-order valence-corrected chi connectivity index (χ0v) is 19.1. The van der Waals surface area contributed by atoms with Crippen molar-refractivity contribution >= 4 is 17.5 Å². The average molecular weight is 435 g/mol. The van der Waals surface area contributed by atoms with Gasteiger partial charge in [0.15, 0.2) is 6.10 Å². The first-order valence-corrected chi connectivity index (χ1v) is 12.1. The Balaban J connectivity index is 1.46. The standard InChI is InChI=1S/C27H34N2O3/c1-2-25(32-22-16-15-20-11-5-6-12-21(20)19-22)26(30)28-24-14-8-7-13-23(24)27(31)29-17-9-3-4-10-18-29/h7-8,13-16,19,25H,2-6,9-12,17-18H2,1H3,(H,28,30)/t25-/m1/s1. The molecular weight excluding hydrogens is 400 g/mol. The Morgan fingerprint density at radius 2 is 1.66 bits per heavy atom. The number of nitrogens with one attached hydrogen (secondary N) is 1. The second kappa shape index (κ2) is 10.7. The molecule has 170 valence electrons. The maximum atomic E-state index is 13.2. The summed E-state index contributed by atoms with van der Waals surface area (Å²) in [6, 6.07) is 13.5. The Morgan fingerprint density at radius 1 is 0.938 bits per heavy atom. The highest BCUT2D eigenvalue weighted by molar-refractivity contribution is 6.04. The van der Waals surface area contributed by atoms with E-state index in [4.69, 9.17) is 4.74 Å². The highest BCUT2D eigenvalue weighted by atomic mass is 16.5. The lowest BCUT2D eigenvalue weighted by Gasteiger charge is -2.23. The number of hydrogen-bond acceptors (Lipinski definition) is 3. The van der Waals surface area contributed by atoms with Gasteiger partial charge in [-0.15, -0.1) is 0 Å². The largest absolute Gasteiger partial charge is 0.481 e. The molecule has 0 spiro atoms. The Bertz CT molecular complexity index is 948. The van der Waals surface area contributed by atoms with Crippen molar-refractivity contribution in [3.63, 3.8) is 0 Å². The van der Waals surface area contributed by atoms with E-state index in [0.29, 0.717) is 17.7 Å². The molecule has 4 rings (SSSR count). The van der Waals surface area contributed by atoms with Gasteiger partial charge in [-0.1, -0.05) is 38.0 Å². The Morgan fingerprint density at radius 3 is 2.41 bits per heavy atom. The van der Waals surface area contributed by atoms with Gasteiger partial charge in [0.1, 0.15) is 5.75 Å². The highest BCUT2D eigenvalue weighted by Crippen LogP contribution is 2.27. The van der Waals surface area contributed by atoms with E-state index in [0.717, 1.165) is 44.5 Å². The molecule has 0 radical (unpaired) electrons. The molecule has 1 heterocycles. The number of ether oxygens (including phenoxy) is 1. The molecule has 5 heteroatoms. The van der Waals surface area contributed by atoms with E-state index in [1.165, 1.54) is 36.8 Å². The van der Waals surface area contributed by atoms with Crippen molar-refractivity contribution < 1.29 is 14.3 Å². The lowest BCUT2D eigenvalue weighted by molar-refractivity contribution is -0.122. The number of carbonyl (C=O) groups is 2. The van der Waals surface area contributed by atoms with Crippen LogP contribution in [0, 0.1) is 0 Å². The van der Waals surface area contributed by atoms with Crippen LogP contribution in [-0.2, 0) is 17.6 Å². The molecule has 2 aromatic carbocycles. The fourth-order valence-electron chi connectivity index (χ4n) is 4.71. The molecule has 5 nitrogen and oxygen atoms in total. The van der Waals surface area contributed by atoms with Crippen LogP contribution in [-0.4, -0.2) is 35.9 Å². The zero-order chi connectivity index (χ0) is 22.3. The molecule has 2 amide bonds. The predicted octanol–water partition coefficient (Wildman–Crippen LogP) is 5.38. The molecular formula is C27H34N2O3. The van der Waals surface area contributed by atoms with Crippen LogP contribution in [0.5, 0.6) is 5.75 Å². The van der Waals surface area contributed by atoms with Crippen molar-refractivity contribution in [3.8, 4) is 5.75 Å². The van der Waals surface area contributed by atoms with Crippen LogP contribution >= 0.6 is 0 Å². The lowest BCUT2D eigenvalue weighted by Crippen LogP contribution is -2.35. The third-order valence-electron chi connectivity index (χ3n) is 6.57. The number of fused-ring (bicyclic) bond motifs is 1. The molecule has 0 unspecified atom stereocenters. The third kappa shape index (κ3) is 5.32. The van der Waals surface area contributed by atoms with Crippen molar-refractivity contribution in [1.82, 2.24) is 4.90 Å². The third-order valence-corrected chi connectivity index (χ3v) is 6.57. The van der Waals surface area contributed by atoms with Gasteiger partial charge in [0.25, 0.3) is 11.8 Å². The number of nitrogens with zero attached hydrogens (tertiary/aromatic N) is 1. The van der Waals surface area contributed by atoms with Gasteiger partial charge >= 0.3 is 0 Å². The van der Waals surface area contributed by atoms with Crippen LogP contribution in [0.15, 0.2) is 42.5 Å². The number of rotatable bonds is 6. The van der Waals surface area contributed by atoms with E-state index in [2.05, 4.69) is 17.4 Å². The summed E-state index contributed by atoms with van der Waals surface area (Å²) >= 11 is 0.